The Morgan fingerprint density at radius 1 is 1.07 bits per heavy atom. The van der Waals surface area contributed by atoms with Crippen molar-refractivity contribution in [3.8, 4) is 11.5 Å². The molecule has 6 nitrogen and oxygen atoms in total. The van der Waals surface area contributed by atoms with E-state index in [0.29, 0.717) is 30.2 Å². The maximum Gasteiger partial charge on any atom is 0.161 e. The Morgan fingerprint density at radius 3 is 2.56 bits per heavy atom. The minimum Gasteiger partial charge on any atom is -0.493 e. The molecule has 3 rings (SSSR count). The maximum atomic E-state index is 7.42. The van der Waals surface area contributed by atoms with E-state index in [1.165, 1.54) is 0 Å². The van der Waals surface area contributed by atoms with Crippen molar-refractivity contribution in [2.45, 2.75) is 13.2 Å². The number of ether oxygens (including phenoxy) is 2. The molecule has 27 heavy (non-hydrogen) atoms. The molecular weight excluding hydrogens is 340 g/mol. The molecule has 3 aromatic rings. The number of nitrogen functional groups attached to an aromatic ring is 1. The average Bonchev–Trinajstić information content (AvgIpc) is 2.72. The molecule has 0 aliphatic rings. The van der Waals surface area contributed by atoms with Crippen LogP contribution in [0.1, 0.15) is 16.7 Å². The van der Waals surface area contributed by atoms with E-state index >= 15 is 0 Å². The number of benzene rings is 2. The molecule has 0 atom stereocenters. The second-order valence-electron chi connectivity index (χ2n) is 5.98. The fraction of sp³-hybridized carbons (Fsp3) is 0.143. The van der Waals surface area contributed by atoms with Gasteiger partial charge >= 0.3 is 0 Å². The van der Waals surface area contributed by atoms with Gasteiger partial charge in [-0.3, -0.25) is 10.4 Å². The molecule has 0 fully saturated rings. The van der Waals surface area contributed by atoms with Gasteiger partial charge in [0.15, 0.2) is 11.5 Å². The second kappa shape index (κ2) is 8.71. The van der Waals surface area contributed by atoms with Gasteiger partial charge in [-0.15, -0.1) is 0 Å². The molecule has 1 aromatic heterocycles. The summed E-state index contributed by atoms with van der Waals surface area (Å²) in [6, 6.07) is 17.2. The van der Waals surface area contributed by atoms with Crippen molar-refractivity contribution in [1.29, 1.82) is 5.41 Å². The summed E-state index contributed by atoms with van der Waals surface area (Å²) in [5, 5.41) is 10.8. The molecular formula is C21H22N4O2. The maximum absolute atomic E-state index is 7.42. The van der Waals surface area contributed by atoms with Crippen molar-refractivity contribution < 1.29 is 9.47 Å². The third-order valence-electron chi connectivity index (χ3n) is 4.04. The van der Waals surface area contributed by atoms with Crippen LogP contribution in [0.15, 0.2) is 67.0 Å². The Morgan fingerprint density at radius 2 is 1.89 bits per heavy atom. The zero-order valence-electron chi connectivity index (χ0n) is 15.1. The van der Waals surface area contributed by atoms with Crippen molar-refractivity contribution in [3.05, 3.63) is 83.7 Å². The standard InChI is InChI=1S/C21H22N4O2/c1-26-20-11-15(13-25-18-7-5-17(6-8-18)21(22)23)4-9-19(20)27-14-16-3-2-10-24-12-16/h2-12,25H,13-14H2,1H3,(H3,22,23). The van der Waals surface area contributed by atoms with Crippen molar-refractivity contribution in [2.75, 3.05) is 12.4 Å². The number of nitrogens with one attached hydrogen (secondary N) is 2. The van der Waals surface area contributed by atoms with E-state index in [2.05, 4.69) is 10.3 Å². The van der Waals surface area contributed by atoms with E-state index in [-0.39, 0.29) is 5.84 Å². The number of anilines is 1. The molecule has 0 aliphatic heterocycles. The minimum atomic E-state index is 0.0631. The summed E-state index contributed by atoms with van der Waals surface area (Å²) in [4.78, 5) is 4.08. The monoisotopic (exact) mass is 362 g/mol. The lowest BCUT2D eigenvalue weighted by Gasteiger charge is -2.13. The van der Waals surface area contributed by atoms with Gasteiger partial charge < -0.3 is 20.5 Å². The number of methoxy groups -OCH3 is 1. The summed E-state index contributed by atoms with van der Waals surface area (Å²) < 4.78 is 11.3. The van der Waals surface area contributed by atoms with Crippen LogP contribution in [-0.4, -0.2) is 17.9 Å². The van der Waals surface area contributed by atoms with Gasteiger partial charge in [0.2, 0.25) is 0 Å². The summed E-state index contributed by atoms with van der Waals surface area (Å²) in [5.74, 6) is 1.44. The van der Waals surface area contributed by atoms with E-state index in [1.54, 1.807) is 19.5 Å². The largest absolute Gasteiger partial charge is 0.493 e. The third kappa shape index (κ3) is 4.98. The Kier molecular flexibility index (Phi) is 5.89. The number of nitrogens with zero attached hydrogens (tertiary/aromatic N) is 1. The van der Waals surface area contributed by atoms with Gasteiger partial charge in [-0.2, -0.15) is 0 Å². The third-order valence-corrected chi connectivity index (χ3v) is 4.04. The van der Waals surface area contributed by atoms with Crippen LogP contribution < -0.4 is 20.5 Å². The highest BCUT2D eigenvalue weighted by Crippen LogP contribution is 2.29. The topological polar surface area (TPSA) is 93.2 Å². The molecule has 0 unspecified atom stereocenters. The predicted molar refractivity (Wildman–Crippen MR) is 106 cm³/mol. The van der Waals surface area contributed by atoms with Crippen LogP contribution in [0.25, 0.3) is 0 Å². The second-order valence-corrected chi connectivity index (χ2v) is 5.98. The normalized spacial score (nSPS) is 10.3. The lowest BCUT2D eigenvalue weighted by Crippen LogP contribution is -2.10. The molecule has 0 aliphatic carbocycles. The van der Waals surface area contributed by atoms with Gasteiger partial charge in [0.1, 0.15) is 12.4 Å². The van der Waals surface area contributed by atoms with Crippen LogP contribution in [0.3, 0.4) is 0 Å². The zero-order chi connectivity index (χ0) is 19.1. The highest BCUT2D eigenvalue weighted by atomic mass is 16.5. The number of amidine groups is 1. The molecule has 4 N–H and O–H groups in total. The molecule has 2 aromatic carbocycles. The summed E-state index contributed by atoms with van der Waals surface area (Å²) in [7, 11) is 1.63. The predicted octanol–water partition coefficient (Wildman–Crippen LogP) is 3.57. The van der Waals surface area contributed by atoms with Crippen LogP contribution in [0, 0.1) is 5.41 Å². The van der Waals surface area contributed by atoms with E-state index in [0.717, 1.165) is 16.8 Å². The Balaban J connectivity index is 1.62. The fourth-order valence-electron chi connectivity index (χ4n) is 2.56. The zero-order valence-corrected chi connectivity index (χ0v) is 15.1. The number of rotatable bonds is 8. The van der Waals surface area contributed by atoms with Crippen LogP contribution in [0.2, 0.25) is 0 Å². The van der Waals surface area contributed by atoms with E-state index < -0.39 is 0 Å². The molecule has 0 spiro atoms. The number of hydrogen-bond donors (Lipinski definition) is 3. The Hall–Kier alpha value is -3.54. The van der Waals surface area contributed by atoms with Gasteiger partial charge in [-0.05, 0) is 48.0 Å². The molecule has 0 saturated carbocycles. The van der Waals surface area contributed by atoms with Gasteiger partial charge in [-0.25, -0.2) is 0 Å². The molecule has 0 bridgehead atoms. The molecule has 0 saturated heterocycles. The van der Waals surface area contributed by atoms with Crippen molar-refractivity contribution >= 4 is 11.5 Å². The van der Waals surface area contributed by atoms with Crippen molar-refractivity contribution in [2.24, 2.45) is 5.73 Å². The Labute approximate surface area is 158 Å². The van der Waals surface area contributed by atoms with Crippen molar-refractivity contribution in [1.82, 2.24) is 4.98 Å². The summed E-state index contributed by atoms with van der Waals surface area (Å²) in [6.45, 7) is 1.07. The minimum absolute atomic E-state index is 0.0631. The van der Waals surface area contributed by atoms with Gasteiger partial charge in [0.05, 0.1) is 7.11 Å². The van der Waals surface area contributed by atoms with E-state index in [4.69, 9.17) is 20.6 Å². The molecule has 1 heterocycles. The first-order valence-electron chi connectivity index (χ1n) is 8.52. The number of nitrogens with two attached hydrogens (primary N) is 1. The average molecular weight is 362 g/mol. The first-order valence-corrected chi connectivity index (χ1v) is 8.52. The van der Waals surface area contributed by atoms with Crippen LogP contribution >= 0.6 is 0 Å². The fourth-order valence-corrected chi connectivity index (χ4v) is 2.56. The van der Waals surface area contributed by atoms with E-state index in [9.17, 15) is 0 Å². The SMILES string of the molecule is COc1cc(CNc2ccc(C(=N)N)cc2)ccc1OCc1cccnc1. The van der Waals surface area contributed by atoms with E-state index in [1.807, 2.05) is 54.6 Å². The first kappa shape index (κ1) is 18.3. The number of hydrogen-bond acceptors (Lipinski definition) is 5. The summed E-state index contributed by atoms with van der Waals surface area (Å²) in [5.41, 5.74) is 9.20. The lowest BCUT2D eigenvalue weighted by molar-refractivity contribution is 0.284. The highest BCUT2D eigenvalue weighted by molar-refractivity contribution is 5.95. The van der Waals surface area contributed by atoms with Crippen LogP contribution in [-0.2, 0) is 13.2 Å². The van der Waals surface area contributed by atoms with Gasteiger partial charge in [0, 0.05) is 35.8 Å². The molecule has 0 radical (unpaired) electrons. The van der Waals surface area contributed by atoms with Crippen LogP contribution in [0.5, 0.6) is 11.5 Å². The first-order chi connectivity index (χ1) is 13.2. The molecule has 6 heteroatoms. The van der Waals surface area contributed by atoms with Gasteiger partial charge in [-0.1, -0.05) is 12.1 Å². The highest BCUT2D eigenvalue weighted by Gasteiger charge is 2.07. The Bertz CT molecular complexity index is 896. The van der Waals surface area contributed by atoms with Crippen molar-refractivity contribution in [3.63, 3.8) is 0 Å². The molecule has 138 valence electrons. The number of pyridine rings is 1. The summed E-state index contributed by atoms with van der Waals surface area (Å²) in [6.07, 6.45) is 3.52. The van der Waals surface area contributed by atoms with Gasteiger partial charge in [0.25, 0.3) is 0 Å². The smallest absolute Gasteiger partial charge is 0.161 e. The quantitative estimate of drug-likeness (QED) is 0.421. The molecule has 0 amide bonds. The summed E-state index contributed by atoms with van der Waals surface area (Å²) >= 11 is 0. The number of aromatic nitrogens is 1. The van der Waals surface area contributed by atoms with Crippen LogP contribution in [0.4, 0.5) is 5.69 Å². The lowest BCUT2D eigenvalue weighted by atomic mass is 10.1.